The minimum atomic E-state index is 0.523. The molecule has 0 amide bonds. The molecule has 3 heteroatoms. The van der Waals surface area contributed by atoms with Crippen LogP contribution in [0.25, 0.3) is 0 Å². The van der Waals surface area contributed by atoms with E-state index < -0.39 is 0 Å². The fourth-order valence-electron chi connectivity index (χ4n) is 1.83. The Morgan fingerprint density at radius 1 is 1.64 bits per heavy atom. The molecular formula is C11H19N3. The van der Waals surface area contributed by atoms with Crippen molar-refractivity contribution >= 4 is 5.82 Å². The largest absolute Gasteiger partial charge is 0.370 e. The van der Waals surface area contributed by atoms with Gasteiger partial charge >= 0.3 is 0 Å². The van der Waals surface area contributed by atoms with Crippen LogP contribution in [-0.4, -0.2) is 16.3 Å². The lowest BCUT2D eigenvalue weighted by atomic mass is 10.1. The van der Waals surface area contributed by atoms with Gasteiger partial charge in [0, 0.05) is 19.2 Å². The lowest BCUT2D eigenvalue weighted by Crippen LogP contribution is -2.27. The van der Waals surface area contributed by atoms with E-state index in [-0.39, 0.29) is 0 Å². The quantitative estimate of drug-likeness (QED) is 0.782. The number of aromatic nitrogens is 2. The molecule has 1 aliphatic rings. The van der Waals surface area contributed by atoms with Gasteiger partial charge in [-0.15, -0.1) is 0 Å². The highest BCUT2D eigenvalue weighted by molar-refractivity contribution is 5.39. The third-order valence-electron chi connectivity index (χ3n) is 2.97. The summed E-state index contributed by atoms with van der Waals surface area (Å²) in [5.74, 6) is 2.45. The molecule has 1 atom stereocenters. The second-order valence-corrected chi connectivity index (χ2v) is 4.45. The van der Waals surface area contributed by atoms with Gasteiger partial charge in [-0.05, 0) is 18.3 Å². The maximum atomic E-state index is 4.60. The molecule has 3 nitrogen and oxygen atoms in total. The summed E-state index contributed by atoms with van der Waals surface area (Å²) >= 11 is 0. The van der Waals surface area contributed by atoms with Crippen molar-refractivity contribution in [2.45, 2.75) is 39.7 Å². The van der Waals surface area contributed by atoms with E-state index in [0.717, 1.165) is 19.0 Å². The van der Waals surface area contributed by atoms with Gasteiger partial charge in [-0.1, -0.05) is 20.8 Å². The van der Waals surface area contributed by atoms with Crippen LogP contribution in [0.4, 0.5) is 5.82 Å². The number of nitrogens with one attached hydrogen (secondary N) is 1. The highest BCUT2D eigenvalue weighted by Gasteiger charge is 2.18. The molecular weight excluding hydrogens is 174 g/mol. The summed E-state index contributed by atoms with van der Waals surface area (Å²) in [5, 5.41) is 8.04. The van der Waals surface area contributed by atoms with Crippen LogP contribution in [0, 0.1) is 5.92 Å². The molecule has 0 bridgehead atoms. The summed E-state index contributed by atoms with van der Waals surface area (Å²) in [4.78, 5) is 0. The minimum absolute atomic E-state index is 0.523. The number of fused-ring (bicyclic) bond motifs is 1. The summed E-state index contributed by atoms with van der Waals surface area (Å²) in [6.45, 7) is 8.78. The molecule has 0 saturated heterocycles. The SMILES string of the molecule is CCC1CNc2cc(C(C)C)nn2C1. The van der Waals surface area contributed by atoms with E-state index in [1.807, 2.05) is 0 Å². The smallest absolute Gasteiger partial charge is 0.124 e. The summed E-state index contributed by atoms with van der Waals surface area (Å²) < 4.78 is 2.12. The fraction of sp³-hybridized carbons (Fsp3) is 0.727. The van der Waals surface area contributed by atoms with Crippen LogP contribution in [0.3, 0.4) is 0 Å². The van der Waals surface area contributed by atoms with Gasteiger partial charge in [0.25, 0.3) is 0 Å². The van der Waals surface area contributed by atoms with E-state index in [1.54, 1.807) is 0 Å². The summed E-state index contributed by atoms with van der Waals surface area (Å²) in [7, 11) is 0. The summed E-state index contributed by atoms with van der Waals surface area (Å²) in [6, 6.07) is 2.18. The minimum Gasteiger partial charge on any atom is -0.370 e. The molecule has 14 heavy (non-hydrogen) atoms. The average Bonchev–Trinajstić information content (AvgIpc) is 2.59. The van der Waals surface area contributed by atoms with E-state index in [1.165, 1.54) is 17.9 Å². The molecule has 0 radical (unpaired) electrons. The van der Waals surface area contributed by atoms with Gasteiger partial charge in [-0.25, -0.2) is 4.68 Å². The van der Waals surface area contributed by atoms with E-state index in [2.05, 4.69) is 41.9 Å². The fourth-order valence-corrected chi connectivity index (χ4v) is 1.83. The second-order valence-electron chi connectivity index (χ2n) is 4.45. The van der Waals surface area contributed by atoms with Crippen molar-refractivity contribution in [1.29, 1.82) is 0 Å². The first-order valence-electron chi connectivity index (χ1n) is 5.52. The molecule has 0 spiro atoms. The van der Waals surface area contributed by atoms with E-state index in [9.17, 15) is 0 Å². The highest BCUT2D eigenvalue weighted by atomic mass is 15.3. The van der Waals surface area contributed by atoms with Gasteiger partial charge in [0.1, 0.15) is 5.82 Å². The highest BCUT2D eigenvalue weighted by Crippen LogP contribution is 2.23. The van der Waals surface area contributed by atoms with Gasteiger partial charge in [0.2, 0.25) is 0 Å². The molecule has 0 aliphatic carbocycles. The van der Waals surface area contributed by atoms with Gasteiger partial charge in [-0.3, -0.25) is 0 Å². The predicted octanol–water partition coefficient (Wildman–Crippen LogP) is 2.46. The van der Waals surface area contributed by atoms with Crippen molar-refractivity contribution in [3.8, 4) is 0 Å². The Balaban J connectivity index is 2.21. The molecule has 0 fully saturated rings. The molecule has 1 aromatic rings. The number of rotatable bonds is 2. The Labute approximate surface area is 85.5 Å². The lowest BCUT2D eigenvalue weighted by Gasteiger charge is -2.23. The van der Waals surface area contributed by atoms with Gasteiger partial charge < -0.3 is 5.32 Å². The van der Waals surface area contributed by atoms with Crippen molar-refractivity contribution in [3.05, 3.63) is 11.8 Å². The predicted molar refractivity (Wildman–Crippen MR) is 58.6 cm³/mol. The number of nitrogens with zero attached hydrogens (tertiary/aromatic N) is 2. The number of anilines is 1. The molecule has 0 saturated carbocycles. The maximum Gasteiger partial charge on any atom is 0.124 e. The average molecular weight is 193 g/mol. The summed E-state index contributed by atoms with van der Waals surface area (Å²) in [5.41, 5.74) is 1.20. The zero-order chi connectivity index (χ0) is 10.1. The molecule has 1 aromatic heterocycles. The lowest BCUT2D eigenvalue weighted by molar-refractivity contribution is 0.402. The normalized spacial score (nSPS) is 20.7. The van der Waals surface area contributed by atoms with Crippen LogP contribution in [0.15, 0.2) is 6.07 Å². The first-order valence-corrected chi connectivity index (χ1v) is 5.52. The Morgan fingerprint density at radius 3 is 3.07 bits per heavy atom. The van der Waals surface area contributed by atoms with Crippen molar-refractivity contribution in [3.63, 3.8) is 0 Å². The molecule has 2 heterocycles. The van der Waals surface area contributed by atoms with Gasteiger partial charge in [0.05, 0.1) is 5.69 Å². The van der Waals surface area contributed by atoms with E-state index in [4.69, 9.17) is 0 Å². The first kappa shape index (κ1) is 9.56. The van der Waals surface area contributed by atoms with Crippen LogP contribution in [0.5, 0.6) is 0 Å². The first-order chi connectivity index (χ1) is 6.70. The van der Waals surface area contributed by atoms with Crippen molar-refractivity contribution in [2.75, 3.05) is 11.9 Å². The topological polar surface area (TPSA) is 29.9 Å². The van der Waals surface area contributed by atoms with E-state index >= 15 is 0 Å². The standard InChI is InChI=1S/C11H19N3/c1-4-9-6-12-11-5-10(8(2)3)13-14(11)7-9/h5,8-9,12H,4,6-7H2,1-3H3. The number of hydrogen-bond donors (Lipinski definition) is 1. The third kappa shape index (κ3) is 1.63. The van der Waals surface area contributed by atoms with E-state index in [0.29, 0.717) is 5.92 Å². The molecule has 2 rings (SSSR count). The zero-order valence-electron chi connectivity index (χ0n) is 9.25. The monoisotopic (exact) mass is 193 g/mol. The van der Waals surface area contributed by atoms with Crippen LogP contribution in [-0.2, 0) is 6.54 Å². The Kier molecular flexibility index (Phi) is 2.48. The number of hydrogen-bond acceptors (Lipinski definition) is 2. The van der Waals surface area contributed by atoms with Crippen LogP contribution in [0.1, 0.15) is 38.8 Å². The van der Waals surface area contributed by atoms with Gasteiger partial charge in [0.15, 0.2) is 0 Å². The third-order valence-corrected chi connectivity index (χ3v) is 2.97. The molecule has 1 unspecified atom stereocenters. The van der Waals surface area contributed by atoms with Crippen LogP contribution < -0.4 is 5.32 Å². The Morgan fingerprint density at radius 2 is 2.43 bits per heavy atom. The van der Waals surface area contributed by atoms with Crippen molar-refractivity contribution in [2.24, 2.45) is 5.92 Å². The van der Waals surface area contributed by atoms with Crippen LogP contribution in [0.2, 0.25) is 0 Å². The zero-order valence-corrected chi connectivity index (χ0v) is 9.25. The molecule has 78 valence electrons. The maximum absolute atomic E-state index is 4.60. The Hall–Kier alpha value is -0.990. The van der Waals surface area contributed by atoms with Crippen molar-refractivity contribution < 1.29 is 0 Å². The Bertz CT molecular complexity index is 314. The van der Waals surface area contributed by atoms with Crippen LogP contribution >= 0.6 is 0 Å². The molecule has 0 aromatic carbocycles. The molecule has 1 aliphatic heterocycles. The van der Waals surface area contributed by atoms with Crippen molar-refractivity contribution in [1.82, 2.24) is 9.78 Å². The van der Waals surface area contributed by atoms with Gasteiger partial charge in [-0.2, -0.15) is 5.10 Å². The molecule has 1 N–H and O–H groups in total. The summed E-state index contributed by atoms with van der Waals surface area (Å²) in [6.07, 6.45) is 1.23. The second kappa shape index (κ2) is 3.64.